The Morgan fingerprint density at radius 3 is 3.41 bits per heavy atom. The summed E-state index contributed by atoms with van der Waals surface area (Å²) < 4.78 is 5.56. The Hall–Kier alpha value is -1.20. The van der Waals surface area contributed by atoms with Crippen LogP contribution in [0.2, 0.25) is 0 Å². The zero-order valence-electron chi connectivity index (χ0n) is 9.91. The Labute approximate surface area is 101 Å². The first-order valence-electron chi connectivity index (χ1n) is 6.33. The smallest absolute Gasteiger partial charge is 0.222 e. The largest absolute Gasteiger partial charge is 0.376 e. The molecule has 17 heavy (non-hydrogen) atoms. The van der Waals surface area contributed by atoms with Crippen LogP contribution in [0, 0.1) is 0 Å². The minimum Gasteiger partial charge on any atom is -0.376 e. The monoisotopic (exact) mass is 234 g/mol. The SMILES string of the molecule is c1nc(NCC2CCCO2)nc2c1CNCC2. The van der Waals surface area contributed by atoms with Crippen LogP contribution in [-0.4, -0.2) is 35.8 Å². The van der Waals surface area contributed by atoms with Crippen molar-refractivity contribution in [3.63, 3.8) is 0 Å². The molecule has 5 nitrogen and oxygen atoms in total. The molecule has 1 saturated heterocycles. The molecule has 0 aliphatic carbocycles. The van der Waals surface area contributed by atoms with Gasteiger partial charge in [0.2, 0.25) is 5.95 Å². The summed E-state index contributed by atoms with van der Waals surface area (Å²) in [6, 6.07) is 0. The van der Waals surface area contributed by atoms with Gasteiger partial charge in [0.15, 0.2) is 0 Å². The molecule has 2 aliphatic rings. The van der Waals surface area contributed by atoms with Gasteiger partial charge in [0.25, 0.3) is 0 Å². The highest BCUT2D eigenvalue weighted by molar-refractivity contribution is 5.31. The summed E-state index contributed by atoms with van der Waals surface area (Å²) in [5.74, 6) is 0.737. The van der Waals surface area contributed by atoms with E-state index in [2.05, 4.69) is 20.6 Å². The second kappa shape index (κ2) is 4.98. The maximum Gasteiger partial charge on any atom is 0.222 e. The summed E-state index contributed by atoms with van der Waals surface area (Å²) in [4.78, 5) is 8.89. The van der Waals surface area contributed by atoms with E-state index in [1.54, 1.807) is 0 Å². The van der Waals surface area contributed by atoms with Gasteiger partial charge in [0.1, 0.15) is 0 Å². The predicted molar refractivity (Wildman–Crippen MR) is 64.9 cm³/mol. The van der Waals surface area contributed by atoms with Crippen LogP contribution in [0.4, 0.5) is 5.95 Å². The van der Waals surface area contributed by atoms with Gasteiger partial charge in [-0.15, -0.1) is 0 Å². The van der Waals surface area contributed by atoms with E-state index in [9.17, 15) is 0 Å². The fourth-order valence-electron chi connectivity index (χ4n) is 2.33. The van der Waals surface area contributed by atoms with Crippen LogP contribution in [0.5, 0.6) is 0 Å². The van der Waals surface area contributed by atoms with Crippen LogP contribution in [0.1, 0.15) is 24.1 Å². The van der Waals surface area contributed by atoms with E-state index in [1.165, 1.54) is 17.7 Å². The normalized spacial score (nSPS) is 23.4. The van der Waals surface area contributed by atoms with Crippen molar-refractivity contribution in [1.29, 1.82) is 0 Å². The number of hydrogen-bond donors (Lipinski definition) is 2. The van der Waals surface area contributed by atoms with Crippen LogP contribution in [-0.2, 0) is 17.7 Å². The molecule has 1 fully saturated rings. The lowest BCUT2D eigenvalue weighted by Crippen LogP contribution is -2.26. The quantitative estimate of drug-likeness (QED) is 0.806. The molecule has 3 heterocycles. The number of rotatable bonds is 3. The number of anilines is 1. The number of nitrogens with zero attached hydrogens (tertiary/aromatic N) is 2. The molecule has 3 rings (SSSR count). The topological polar surface area (TPSA) is 59.1 Å². The average molecular weight is 234 g/mol. The molecule has 0 saturated carbocycles. The highest BCUT2D eigenvalue weighted by Gasteiger charge is 2.16. The number of hydrogen-bond acceptors (Lipinski definition) is 5. The van der Waals surface area contributed by atoms with Gasteiger partial charge in [0, 0.05) is 44.4 Å². The molecule has 92 valence electrons. The lowest BCUT2D eigenvalue weighted by molar-refractivity contribution is 0.120. The van der Waals surface area contributed by atoms with Gasteiger partial charge in [-0.1, -0.05) is 0 Å². The third-order valence-corrected chi connectivity index (χ3v) is 3.32. The van der Waals surface area contributed by atoms with Crippen molar-refractivity contribution >= 4 is 5.95 Å². The predicted octanol–water partition coefficient (Wildman–Crippen LogP) is 0.713. The maximum absolute atomic E-state index is 5.56. The Balaban J connectivity index is 1.62. The lowest BCUT2D eigenvalue weighted by atomic mass is 10.1. The van der Waals surface area contributed by atoms with Gasteiger partial charge in [-0.2, -0.15) is 0 Å². The first-order chi connectivity index (χ1) is 8.42. The molecule has 0 bridgehead atoms. The minimum atomic E-state index is 0.330. The Morgan fingerprint density at radius 2 is 2.53 bits per heavy atom. The zero-order valence-corrected chi connectivity index (χ0v) is 9.91. The van der Waals surface area contributed by atoms with Crippen LogP contribution >= 0.6 is 0 Å². The average Bonchev–Trinajstić information content (AvgIpc) is 2.89. The van der Waals surface area contributed by atoms with Crippen molar-refractivity contribution in [2.24, 2.45) is 0 Å². The van der Waals surface area contributed by atoms with E-state index < -0.39 is 0 Å². The van der Waals surface area contributed by atoms with Gasteiger partial charge < -0.3 is 15.4 Å². The Bertz CT molecular complexity index is 390. The molecule has 1 unspecified atom stereocenters. The van der Waals surface area contributed by atoms with Crippen molar-refractivity contribution in [2.75, 3.05) is 25.0 Å². The van der Waals surface area contributed by atoms with E-state index in [0.717, 1.165) is 45.0 Å². The third kappa shape index (κ3) is 2.56. The summed E-state index contributed by atoms with van der Waals surface area (Å²) in [5, 5.41) is 6.59. The number of nitrogens with one attached hydrogen (secondary N) is 2. The molecular formula is C12H18N4O. The Morgan fingerprint density at radius 1 is 1.53 bits per heavy atom. The molecule has 2 aliphatic heterocycles. The Kier molecular flexibility index (Phi) is 3.20. The standard InChI is InChI=1S/C12H18N4O/c1-2-10(17-5-1)8-15-12-14-7-9-6-13-4-3-11(9)16-12/h7,10,13H,1-6,8H2,(H,14,15,16). The lowest BCUT2D eigenvalue weighted by Gasteiger charge is -2.17. The molecule has 0 aromatic carbocycles. The van der Waals surface area contributed by atoms with E-state index in [4.69, 9.17) is 4.74 Å². The fraction of sp³-hybridized carbons (Fsp3) is 0.667. The molecule has 1 atom stereocenters. The van der Waals surface area contributed by atoms with Gasteiger partial charge in [-0.3, -0.25) is 0 Å². The summed E-state index contributed by atoms with van der Waals surface area (Å²) in [6.45, 7) is 3.61. The molecule has 1 aromatic heterocycles. The maximum atomic E-state index is 5.56. The summed E-state index contributed by atoms with van der Waals surface area (Å²) in [5.41, 5.74) is 2.40. The number of ether oxygens (including phenoxy) is 1. The second-order valence-electron chi connectivity index (χ2n) is 4.61. The first-order valence-corrected chi connectivity index (χ1v) is 6.33. The van der Waals surface area contributed by atoms with E-state index in [1.807, 2.05) is 6.20 Å². The zero-order chi connectivity index (χ0) is 11.5. The number of fused-ring (bicyclic) bond motifs is 1. The van der Waals surface area contributed by atoms with Gasteiger partial charge >= 0.3 is 0 Å². The molecular weight excluding hydrogens is 216 g/mol. The van der Waals surface area contributed by atoms with Crippen molar-refractivity contribution in [3.8, 4) is 0 Å². The van der Waals surface area contributed by atoms with Gasteiger partial charge in [0.05, 0.1) is 11.8 Å². The van der Waals surface area contributed by atoms with Crippen LogP contribution in [0.3, 0.4) is 0 Å². The van der Waals surface area contributed by atoms with Gasteiger partial charge in [-0.25, -0.2) is 9.97 Å². The second-order valence-corrected chi connectivity index (χ2v) is 4.61. The summed E-state index contributed by atoms with van der Waals surface area (Å²) >= 11 is 0. The molecule has 0 amide bonds. The van der Waals surface area contributed by atoms with E-state index in [0.29, 0.717) is 6.10 Å². The van der Waals surface area contributed by atoms with Crippen LogP contribution in [0.25, 0.3) is 0 Å². The van der Waals surface area contributed by atoms with Crippen molar-refractivity contribution < 1.29 is 4.74 Å². The molecule has 5 heteroatoms. The molecule has 2 N–H and O–H groups in total. The van der Waals surface area contributed by atoms with Crippen molar-refractivity contribution in [2.45, 2.75) is 31.9 Å². The van der Waals surface area contributed by atoms with Crippen LogP contribution < -0.4 is 10.6 Å². The van der Waals surface area contributed by atoms with Crippen molar-refractivity contribution in [1.82, 2.24) is 15.3 Å². The molecule has 0 spiro atoms. The first kappa shape index (κ1) is 10.9. The third-order valence-electron chi connectivity index (χ3n) is 3.32. The molecule has 0 radical (unpaired) electrons. The highest BCUT2D eigenvalue weighted by atomic mass is 16.5. The fourth-order valence-corrected chi connectivity index (χ4v) is 2.33. The number of aromatic nitrogens is 2. The molecule has 1 aromatic rings. The van der Waals surface area contributed by atoms with Crippen LogP contribution in [0.15, 0.2) is 6.20 Å². The van der Waals surface area contributed by atoms with Gasteiger partial charge in [-0.05, 0) is 12.8 Å². The summed E-state index contributed by atoms with van der Waals surface area (Å²) in [7, 11) is 0. The summed E-state index contributed by atoms with van der Waals surface area (Å²) in [6.07, 6.45) is 5.56. The van der Waals surface area contributed by atoms with Crippen molar-refractivity contribution in [3.05, 3.63) is 17.5 Å². The van der Waals surface area contributed by atoms with E-state index >= 15 is 0 Å². The minimum absolute atomic E-state index is 0.330. The van der Waals surface area contributed by atoms with E-state index in [-0.39, 0.29) is 0 Å². The highest BCUT2D eigenvalue weighted by Crippen LogP contribution is 2.14.